The Labute approximate surface area is 157 Å². The Hall–Kier alpha value is -1.94. The third-order valence-electron chi connectivity index (χ3n) is 3.52. The molecule has 0 fully saturated rings. The van der Waals surface area contributed by atoms with Gasteiger partial charge in [-0.25, -0.2) is 8.42 Å². The van der Waals surface area contributed by atoms with Crippen LogP contribution in [-0.2, 0) is 16.2 Å². The van der Waals surface area contributed by atoms with Crippen LogP contribution in [0, 0.1) is 6.92 Å². The zero-order valence-electron chi connectivity index (χ0n) is 13.9. The quantitative estimate of drug-likeness (QED) is 0.718. The van der Waals surface area contributed by atoms with Crippen molar-refractivity contribution < 1.29 is 31.1 Å². The Balaban J connectivity index is 2.47. The van der Waals surface area contributed by atoms with E-state index in [0.29, 0.717) is 5.75 Å². The standard InChI is InChI=1S/C16H15BrF3NO4S/c1-9-4-5-10(6-11(9)16(18,19)20)21-26(22,23)15-8-14(25-3)13(24-2)7-12(15)17/h4-8,21H,1-3H3. The molecule has 0 saturated carbocycles. The van der Waals surface area contributed by atoms with Gasteiger partial charge in [0.25, 0.3) is 10.0 Å². The Morgan fingerprint density at radius 3 is 2.15 bits per heavy atom. The number of sulfonamides is 1. The summed E-state index contributed by atoms with van der Waals surface area (Å²) < 4.78 is 76.7. The van der Waals surface area contributed by atoms with Crippen molar-refractivity contribution in [2.24, 2.45) is 0 Å². The van der Waals surface area contributed by atoms with Crippen LogP contribution in [0.5, 0.6) is 11.5 Å². The van der Waals surface area contributed by atoms with Gasteiger partial charge < -0.3 is 9.47 Å². The fourth-order valence-electron chi connectivity index (χ4n) is 2.24. The average Bonchev–Trinajstić information content (AvgIpc) is 2.54. The van der Waals surface area contributed by atoms with Gasteiger partial charge in [-0.15, -0.1) is 0 Å². The summed E-state index contributed by atoms with van der Waals surface area (Å²) in [4.78, 5) is -0.204. The lowest BCUT2D eigenvalue weighted by Crippen LogP contribution is -2.15. The van der Waals surface area contributed by atoms with Crippen LogP contribution in [0.2, 0.25) is 0 Å². The number of alkyl halides is 3. The van der Waals surface area contributed by atoms with E-state index in [1.54, 1.807) is 0 Å². The van der Waals surface area contributed by atoms with Gasteiger partial charge in [0.1, 0.15) is 4.90 Å². The third kappa shape index (κ3) is 4.24. The molecule has 0 bridgehead atoms. The van der Waals surface area contributed by atoms with Crippen LogP contribution < -0.4 is 14.2 Å². The van der Waals surface area contributed by atoms with Gasteiger partial charge in [-0.2, -0.15) is 13.2 Å². The Morgan fingerprint density at radius 1 is 1.04 bits per heavy atom. The molecule has 5 nitrogen and oxygen atoms in total. The number of anilines is 1. The van der Waals surface area contributed by atoms with Crippen molar-refractivity contribution in [1.29, 1.82) is 0 Å². The average molecular weight is 454 g/mol. The zero-order chi connectivity index (χ0) is 19.7. The van der Waals surface area contributed by atoms with Crippen molar-refractivity contribution >= 4 is 31.6 Å². The fraction of sp³-hybridized carbons (Fsp3) is 0.250. The minimum Gasteiger partial charge on any atom is -0.493 e. The zero-order valence-corrected chi connectivity index (χ0v) is 16.3. The van der Waals surface area contributed by atoms with E-state index in [-0.39, 0.29) is 26.4 Å². The molecule has 0 heterocycles. The van der Waals surface area contributed by atoms with Crippen LogP contribution in [0.1, 0.15) is 11.1 Å². The molecule has 0 aliphatic rings. The lowest BCUT2D eigenvalue weighted by atomic mass is 10.1. The first-order chi connectivity index (χ1) is 12.0. The molecule has 26 heavy (non-hydrogen) atoms. The predicted molar refractivity (Wildman–Crippen MR) is 94.2 cm³/mol. The SMILES string of the molecule is COc1cc(Br)c(S(=O)(=O)Nc2ccc(C)c(C(F)(F)F)c2)cc1OC. The molecule has 10 heteroatoms. The summed E-state index contributed by atoms with van der Waals surface area (Å²) >= 11 is 3.12. The highest BCUT2D eigenvalue weighted by molar-refractivity contribution is 9.10. The number of methoxy groups -OCH3 is 2. The van der Waals surface area contributed by atoms with Crippen LogP contribution in [0.25, 0.3) is 0 Å². The second-order valence-electron chi connectivity index (χ2n) is 5.27. The Morgan fingerprint density at radius 2 is 1.62 bits per heavy atom. The molecule has 0 amide bonds. The highest BCUT2D eigenvalue weighted by atomic mass is 79.9. The summed E-state index contributed by atoms with van der Waals surface area (Å²) in [5, 5.41) is 0. The van der Waals surface area contributed by atoms with Gasteiger partial charge in [-0.1, -0.05) is 6.07 Å². The predicted octanol–water partition coefficient (Wildman–Crippen LogP) is 4.59. The number of hydrogen-bond acceptors (Lipinski definition) is 4. The van der Waals surface area contributed by atoms with Crippen LogP contribution in [-0.4, -0.2) is 22.6 Å². The summed E-state index contributed by atoms with van der Waals surface area (Å²) in [7, 11) is -1.45. The smallest absolute Gasteiger partial charge is 0.416 e. The van der Waals surface area contributed by atoms with Gasteiger partial charge in [0.15, 0.2) is 11.5 Å². The minimum atomic E-state index is -4.59. The molecule has 142 valence electrons. The lowest BCUT2D eigenvalue weighted by molar-refractivity contribution is -0.138. The molecule has 2 rings (SSSR count). The fourth-order valence-corrected chi connectivity index (χ4v) is 4.33. The van der Waals surface area contributed by atoms with Crippen LogP contribution in [0.4, 0.5) is 18.9 Å². The van der Waals surface area contributed by atoms with E-state index in [0.717, 1.165) is 6.07 Å². The summed E-state index contributed by atoms with van der Waals surface area (Å²) in [6.07, 6.45) is -4.59. The summed E-state index contributed by atoms with van der Waals surface area (Å²) in [5.74, 6) is 0.462. The molecule has 0 aliphatic heterocycles. The van der Waals surface area contributed by atoms with Crippen LogP contribution in [0.3, 0.4) is 0 Å². The normalized spacial score (nSPS) is 12.0. The second-order valence-corrected chi connectivity index (χ2v) is 7.78. The molecule has 1 N–H and O–H groups in total. The summed E-state index contributed by atoms with van der Waals surface area (Å²) in [6.45, 7) is 1.30. The number of hydrogen-bond donors (Lipinski definition) is 1. The monoisotopic (exact) mass is 453 g/mol. The second kappa shape index (κ2) is 7.36. The van der Waals surface area contributed by atoms with Gasteiger partial charge in [-0.3, -0.25) is 4.72 Å². The number of benzene rings is 2. The Kier molecular flexibility index (Phi) is 5.76. The molecule has 2 aromatic carbocycles. The van der Waals surface area contributed by atoms with Crippen molar-refractivity contribution in [2.45, 2.75) is 18.0 Å². The summed E-state index contributed by atoms with van der Waals surface area (Å²) in [5.41, 5.74) is -1.12. The number of halogens is 4. The molecule has 2 aromatic rings. The molecule has 0 atom stereocenters. The maximum Gasteiger partial charge on any atom is 0.416 e. The van der Waals surface area contributed by atoms with Gasteiger partial charge in [-0.05, 0) is 46.6 Å². The van der Waals surface area contributed by atoms with E-state index < -0.39 is 21.8 Å². The van der Waals surface area contributed by atoms with Crippen LogP contribution in [0.15, 0.2) is 39.7 Å². The minimum absolute atomic E-state index is 0.00672. The van der Waals surface area contributed by atoms with Gasteiger partial charge in [0, 0.05) is 16.2 Å². The number of nitrogens with one attached hydrogen (secondary N) is 1. The molecular weight excluding hydrogens is 439 g/mol. The first-order valence-corrected chi connectivity index (χ1v) is 9.39. The highest BCUT2D eigenvalue weighted by Gasteiger charge is 2.33. The molecular formula is C16H15BrF3NO4S. The first-order valence-electron chi connectivity index (χ1n) is 7.11. The van der Waals surface area contributed by atoms with Gasteiger partial charge >= 0.3 is 6.18 Å². The van der Waals surface area contributed by atoms with Gasteiger partial charge in [0.05, 0.1) is 19.8 Å². The third-order valence-corrected chi connectivity index (χ3v) is 5.86. The van der Waals surface area contributed by atoms with Gasteiger partial charge in [0.2, 0.25) is 0 Å². The first kappa shape index (κ1) is 20.4. The van der Waals surface area contributed by atoms with E-state index in [9.17, 15) is 21.6 Å². The van der Waals surface area contributed by atoms with E-state index in [1.807, 2.05) is 0 Å². The Bertz CT molecular complexity index is 930. The van der Waals surface area contributed by atoms with Crippen molar-refractivity contribution in [3.8, 4) is 11.5 Å². The molecule has 0 spiro atoms. The molecule has 0 aromatic heterocycles. The van der Waals surface area contributed by atoms with E-state index in [1.165, 1.54) is 45.4 Å². The maximum atomic E-state index is 13.0. The number of aryl methyl sites for hydroxylation is 1. The topological polar surface area (TPSA) is 64.6 Å². The van der Waals surface area contributed by atoms with Crippen molar-refractivity contribution in [3.05, 3.63) is 45.9 Å². The van der Waals surface area contributed by atoms with E-state index >= 15 is 0 Å². The maximum absolute atomic E-state index is 13.0. The number of ether oxygens (including phenoxy) is 2. The van der Waals surface area contributed by atoms with E-state index in [4.69, 9.17) is 9.47 Å². The van der Waals surface area contributed by atoms with Crippen molar-refractivity contribution in [1.82, 2.24) is 0 Å². The molecule has 0 saturated heterocycles. The molecule has 0 radical (unpaired) electrons. The van der Waals surface area contributed by atoms with Crippen molar-refractivity contribution in [3.63, 3.8) is 0 Å². The molecule has 0 aliphatic carbocycles. The highest BCUT2D eigenvalue weighted by Crippen LogP contribution is 2.37. The lowest BCUT2D eigenvalue weighted by Gasteiger charge is -2.15. The number of rotatable bonds is 5. The molecule has 0 unspecified atom stereocenters. The largest absolute Gasteiger partial charge is 0.493 e. The van der Waals surface area contributed by atoms with E-state index in [2.05, 4.69) is 20.7 Å². The van der Waals surface area contributed by atoms with Crippen LogP contribution >= 0.6 is 15.9 Å². The summed E-state index contributed by atoms with van der Waals surface area (Å²) in [6, 6.07) is 5.82. The van der Waals surface area contributed by atoms with Crippen molar-refractivity contribution in [2.75, 3.05) is 18.9 Å².